The highest BCUT2D eigenvalue weighted by Crippen LogP contribution is 2.33. The van der Waals surface area contributed by atoms with Gasteiger partial charge >= 0.3 is 0 Å². The third-order valence-electron chi connectivity index (χ3n) is 5.02. The fourth-order valence-corrected chi connectivity index (χ4v) is 4.29. The van der Waals surface area contributed by atoms with Gasteiger partial charge in [-0.05, 0) is 72.9 Å². The lowest BCUT2D eigenvalue weighted by Crippen LogP contribution is -2.39. The Bertz CT molecular complexity index is 338. The van der Waals surface area contributed by atoms with Crippen molar-refractivity contribution in [3.05, 3.63) is 22.4 Å². The van der Waals surface area contributed by atoms with Crippen LogP contribution in [-0.4, -0.2) is 12.6 Å². The van der Waals surface area contributed by atoms with Crippen LogP contribution >= 0.6 is 11.3 Å². The molecule has 1 nitrogen and oxygen atoms in total. The van der Waals surface area contributed by atoms with E-state index in [2.05, 4.69) is 36.0 Å². The second-order valence-corrected chi connectivity index (χ2v) is 7.20. The van der Waals surface area contributed by atoms with Crippen LogP contribution < -0.4 is 5.32 Å². The maximum atomic E-state index is 3.84. The van der Waals surface area contributed by atoms with Crippen LogP contribution in [0.25, 0.3) is 0 Å². The lowest BCUT2D eigenvalue weighted by atomic mass is 9.76. The molecule has 1 aliphatic rings. The van der Waals surface area contributed by atoms with Gasteiger partial charge < -0.3 is 5.32 Å². The number of nitrogens with one attached hydrogen (secondary N) is 1. The molecular formula is C18H31NS. The summed E-state index contributed by atoms with van der Waals surface area (Å²) in [5, 5.41) is 8.35. The molecule has 1 fully saturated rings. The van der Waals surface area contributed by atoms with E-state index in [1.165, 1.54) is 63.5 Å². The standard InChI is InChI=1S/C18H31NS/c1-3-12-19-18(10-7-16-11-13-20-14-16)17-8-5-15(4-2)6-9-17/h11,13-15,17-19H,3-10,12H2,1-2H3. The Morgan fingerprint density at radius 1 is 1.25 bits per heavy atom. The van der Waals surface area contributed by atoms with Crippen LogP contribution in [-0.2, 0) is 6.42 Å². The van der Waals surface area contributed by atoms with Gasteiger partial charge in [-0.3, -0.25) is 0 Å². The van der Waals surface area contributed by atoms with Crippen LogP contribution in [0.3, 0.4) is 0 Å². The van der Waals surface area contributed by atoms with Crippen molar-refractivity contribution in [1.29, 1.82) is 0 Å². The molecule has 0 spiro atoms. The lowest BCUT2D eigenvalue weighted by molar-refractivity contribution is 0.211. The number of rotatable bonds is 8. The van der Waals surface area contributed by atoms with Gasteiger partial charge in [-0.1, -0.05) is 33.1 Å². The van der Waals surface area contributed by atoms with Crippen molar-refractivity contribution in [3.63, 3.8) is 0 Å². The second-order valence-electron chi connectivity index (χ2n) is 6.42. The Balaban J connectivity index is 1.83. The zero-order chi connectivity index (χ0) is 14.2. The van der Waals surface area contributed by atoms with Gasteiger partial charge in [0.1, 0.15) is 0 Å². The Hall–Kier alpha value is -0.340. The van der Waals surface area contributed by atoms with E-state index < -0.39 is 0 Å². The van der Waals surface area contributed by atoms with Crippen molar-refractivity contribution < 1.29 is 0 Å². The van der Waals surface area contributed by atoms with Crippen molar-refractivity contribution in [2.45, 2.75) is 71.3 Å². The van der Waals surface area contributed by atoms with Crippen molar-refractivity contribution in [3.8, 4) is 0 Å². The minimum Gasteiger partial charge on any atom is -0.314 e. The van der Waals surface area contributed by atoms with Crippen LogP contribution in [0.2, 0.25) is 0 Å². The van der Waals surface area contributed by atoms with E-state index in [1.54, 1.807) is 0 Å². The molecule has 0 radical (unpaired) electrons. The van der Waals surface area contributed by atoms with Crippen LogP contribution in [0, 0.1) is 11.8 Å². The summed E-state index contributed by atoms with van der Waals surface area (Å²) in [6, 6.07) is 3.03. The van der Waals surface area contributed by atoms with E-state index in [0.29, 0.717) is 0 Å². The molecule has 0 saturated heterocycles. The van der Waals surface area contributed by atoms with Crippen molar-refractivity contribution >= 4 is 11.3 Å². The SMILES string of the molecule is CCCNC(CCc1ccsc1)C1CCC(CC)CC1. The molecule has 0 aliphatic heterocycles. The van der Waals surface area contributed by atoms with Gasteiger partial charge in [-0.2, -0.15) is 11.3 Å². The molecule has 0 aromatic carbocycles. The van der Waals surface area contributed by atoms with E-state index in [9.17, 15) is 0 Å². The summed E-state index contributed by atoms with van der Waals surface area (Å²) in [5.41, 5.74) is 1.53. The van der Waals surface area contributed by atoms with Gasteiger partial charge in [-0.15, -0.1) is 0 Å². The molecule has 114 valence electrons. The fraction of sp³-hybridized carbons (Fsp3) is 0.778. The van der Waals surface area contributed by atoms with E-state index >= 15 is 0 Å². The molecular weight excluding hydrogens is 262 g/mol. The molecule has 1 aromatic rings. The van der Waals surface area contributed by atoms with E-state index in [-0.39, 0.29) is 0 Å². The summed E-state index contributed by atoms with van der Waals surface area (Å²) < 4.78 is 0. The predicted molar refractivity (Wildman–Crippen MR) is 90.5 cm³/mol. The Morgan fingerprint density at radius 2 is 2.05 bits per heavy atom. The quantitative estimate of drug-likeness (QED) is 0.689. The maximum Gasteiger partial charge on any atom is 0.00984 e. The first-order valence-electron chi connectivity index (χ1n) is 8.57. The summed E-state index contributed by atoms with van der Waals surface area (Å²) >= 11 is 1.83. The molecule has 1 heterocycles. The molecule has 1 saturated carbocycles. The van der Waals surface area contributed by atoms with E-state index in [4.69, 9.17) is 0 Å². The molecule has 1 N–H and O–H groups in total. The molecule has 1 atom stereocenters. The van der Waals surface area contributed by atoms with Gasteiger partial charge in [0.15, 0.2) is 0 Å². The fourth-order valence-electron chi connectivity index (χ4n) is 3.59. The molecule has 2 rings (SSSR count). The summed E-state index contributed by atoms with van der Waals surface area (Å²) in [7, 11) is 0. The summed E-state index contributed by atoms with van der Waals surface area (Å²) in [6.45, 7) is 5.81. The van der Waals surface area contributed by atoms with Crippen molar-refractivity contribution in [2.75, 3.05) is 6.54 Å². The van der Waals surface area contributed by atoms with Gasteiger partial charge in [0.2, 0.25) is 0 Å². The third kappa shape index (κ3) is 4.89. The first-order valence-corrected chi connectivity index (χ1v) is 9.52. The van der Waals surface area contributed by atoms with Crippen LogP contribution in [0.4, 0.5) is 0 Å². The molecule has 20 heavy (non-hydrogen) atoms. The van der Waals surface area contributed by atoms with Gasteiger partial charge in [0.25, 0.3) is 0 Å². The van der Waals surface area contributed by atoms with Crippen LogP contribution in [0.5, 0.6) is 0 Å². The predicted octanol–water partition coefficient (Wildman–Crippen LogP) is 5.27. The van der Waals surface area contributed by atoms with Crippen LogP contribution in [0.1, 0.15) is 64.4 Å². The minimum atomic E-state index is 0.743. The van der Waals surface area contributed by atoms with Crippen molar-refractivity contribution in [2.24, 2.45) is 11.8 Å². The van der Waals surface area contributed by atoms with Crippen molar-refractivity contribution in [1.82, 2.24) is 5.32 Å². The first-order chi connectivity index (χ1) is 9.83. The molecule has 0 amide bonds. The summed E-state index contributed by atoms with van der Waals surface area (Å²) in [4.78, 5) is 0. The highest BCUT2D eigenvalue weighted by molar-refractivity contribution is 7.07. The summed E-state index contributed by atoms with van der Waals surface area (Å²) in [5.74, 6) is 1.93. The van der Waals surface area contributed by atoms with E-state index in [0.717, 1.165) is 17.9 Å². The largest absolute Gasteiger partial charge is 0.314 e. The highest BCUT2D eigenvalue weighted by atomic mass is 32.1. The zero-order valence-corrected chi connectivity index (χ0v) is 14.1. The minimum absolute atomic E-state index is 0.743. The lowest BCUT2D eigenvalue weighted by Gasteiger charge is -2.34. The normalized spacial score (nSPS) is 24.7. The zero-order valence-electron chi connectivity index (χ0n) is 13.2. The Kier molecular flexibility index (Phi) is 7.09. The molecule has 1 unspecified atom stereocenters. The topological polar surface area (TPSA) is 12.0 Å². The number of aryl methyl sites for hydroxylation is 1. The average Bonchev–Trinajstić information content (AvgIpc) is 3.01. The highest BCUT2D eigenvalue weighted by Gasteiger charge is 2.26. The van der Waals surface area contributed by atoms with Crippen LogP contribution in [0.15, 0.2) is 16.8 Å². The maximum absolute atomic E-state index is 3.84. The Morgan fingerprint density at radius 3 is 2.65 bits per heavy atom. The molecule has 0 bridgehead atoms. The van der Waals surface area contributed by atoms with E-state index in [1.807, 2.05) is 11.3 Å². The molecule has 2 heteroatoms. The number of hydrogen-bond acceptors (Lipinski definition) is 2. The number of hydrogen-bond donors (Lipinski definition) is 1. The molecule has 1 aliphatic carbocycles. The smallest absolute Gasteiger partial charge is 0.00984 e. The van der Waals surface area contributed by atoms with Gasteiger partial charge in [-0.25, -0.2) is 0 Å². The molecule has 1 aromatic heterocycles. The van der Waals surface area contributed by atoms with Gasteiger partial charge in [0, 0.05) is 6.04 Å². The Labute approximate surface area is 129 Å². The third-order valence-corrected chi connectivity index (χ3v) is 5.75. The summed E-state index contributed by atoms with van der Waals surface area (Å²) in [6.07, 6.45) is 11.0. The average molecular weight is 294 g/mol. The number of thiophene rings is 1. The monoisotopic (exact) mass is 293 g/mol. The second kappa shape index (κ2) is 8.84. The first kappa shape index (κ1) is 16.0. The van der Waals surface area contributed by atoms with Gasteiger partial charge in [0.05, 0.1) is 0 Å².